The Morgan fingerprint density at radius 3 is 2.18 bits per heavy atom. The molecule has 0 aliphatic carbocycles. The van der Waals surface area contributed by atoms with Gasteiger partial charge in [0.05, 0.1) is 39.0 Å². The third-order valence-electron chi connectivity index (χ3n) is 5.26. The van der Waals surface area contributed by atoms with Gasteiger partial charge in [0.1, 0.15) is 5.70 Å². The molecule has 0 aromatic heterocycles. The molecule has 8 heteroatoms. The molecule has 3 rings (SSSR count). The smallest absolute Gasteiger partial charge is 0.278 e. The minimum absolute atomic E-state index is 0.00360. The monoisotopic (exact) mass is 453 g/mol. The van der Waals surface area contributed by atoms with E-state index in [0.29, 0.717) is 22.7 Å². The Bertz CT molecular complexity index is 1040. The van der Waals surface area contributed by atoms with Gasteiger partial charge in [-0.15, -0.1) is 0 Å². The number of rotatable bonds is 10. The summed E-state index contributed by atoms with van der Waals surface area (Å²) in [7, 11) is 6.98. The Morgan fingerprint density at radius 1 is 0.939 bits per heavy atom. The van der Waals surface area contributed by atoms with E-state index in [2.05, 4.69) is 5.32 Å². The van der Waals surface area contributed by atoms with Crippen LogP contribution in [0.5, 0.6) is 11.5 Å². The Kier molecular flexibility index (Phi) is 7.60. The average Bonchev–Trinajstić information content (AvgIpc) is 3.02. The van der Waals surface area contributed by atoms with Gasteiger partial charge in [0.15, 0.2) is 11.5 Å². The summed E-state index contributed by atoms with van der Waals surface area (Å²) in [6, 6.07) is 12.8. The molecule has 0 radical (unpaired) electrons. The van der Waals surface area contributed by atoms with E-state index in [0.717, 1.165) is 5.69 Å². The van der Waals surface area contributed by atoms with Crippen molar-refractivity contribution in [2.45, 2.75) is 20.0 Å². The van der Waals surface area contributed by atoms with E-state index in [-0.39, 0.29) is 36.4 Å². The highest BCUT2D eigenvalue weighted by atomic mass is 16.5. The average molecular weight is 454 g/mol. The SMILES string of the molecule is COc1ccc(C2=C(Nc3ccc(N(C)C)cc3)C(=O)N(CCOC(C)C)C2=O)cc1OC. The van der Waals surface area contributed by atoms with Crippen molar-refractivity contribution in [2.24, 2.45) is 0 Å². The molecule has 1 heterocycles. The van der Waals surface area contributed by atoms with Crippen LogP contribution in [0.25, 0.3) is 5.57 Å². The third kappa shape index (κ3) is 5.28. The Labute approximate surface area is 194 Å². The summed E-state index contributed by atoms with van der Waals surface area (Å²) in [5.41, 5.74) is 2.79. The Hall–Kier alpha value is -3.52. The molecule has 0 bridgehead atoms. The number of benzene rings is 2. The van der Waals surface area contributed by atoms with Crippen LogP contribution in [0.4, 0.5) is 11.4 Å². The summed E-state index contributed by atoms with van der Waals surface area (Å²) in [5.74, 6) is 0.231. The van der Waals surface area contributed by atoms with Gasteiger partial charge in [-0.05, 0) is 55.8 Å². The van der Waals surface area contributed by atoms with Crippen LogP contribution in [0.15, 0.2) is 48.2 Å². The fraction of sp³-hybridized carbons (Fsp3) is 0.360. The topological polar surface area (TPSA) is 80.3 Å². The fourth-order valence-electron chi connectivity index (χ4n) is 3.52. The standard InChI is InChI=1S/C25H31N3O5/c1-16(2)33-14-13-28-24(29)22(17-7-12-20(31-5)21(15-17)32-6)23(25(28)30)26-18-8-10-19(11-9-18)27(3)4/h7-12,15-16,26H,13-14H2,1-6H3. The van der Waals surface area contributed by atoms with Crippen LogP contribution < -0.4 is 19.7 Å². The van der Waals surface area contributed by atoms with Gasteiger partial charge in [0, 0.05) is 25.5 Å². The molecular weight excluding hydrogens is 422 g/mol. The maximum absolute atomic E-state index is 13.4. The molecule has 0 spiro atoms. The predicted octanol–water partition coefficient (Wildman–Crippen LogP) is 3.39. The number of nitrogens with zero attached hydrogens (tertiary/aromatic N) is 2. The van der Waals surface area contributed by atoms with Crippen LogP contribution in [0.1, 0.15) is 19.4 Å². The van der Waals surface area contributed by atoms with Crippen molar-refractivity contribution in [3.05, 3.63) is 53.7 Å². The molecule has 2 amide bonds. The molecule has 2 aromatic rings. The molecule has 1 N–H and O–H groups in total. The molecular formula is C25H31N3O5. The summed E-state index contributed by atoms with van der Waals surface area (Å²) in [5, 5.41) is 3.17. The maximum Gasteiger partial charge on any atom is 0.278 e. The lowest BCUT2D eigenvalue weighted by molar-refractivity contribution is -0.137. The predicted molar refractivity (Wildman–Crippen MR) is 129 cm³/mol. The molecule has 0 fully saturated rings. The van der Waals surface area contributed by atoms with Crippen LogP contribution in [0.2, 0.25) is 0 Å². The zero-order chi connectivity index (χ0) is 24.1. The number of hydrogen-bond acceptors (Lipinski definition) is 7. The van der Waals surface area contributed by atoms with Gasteiger partial charge in [-0.1, -0.05) is 6.07 Å². The molecule has 33 heavy (non-hydrogen) atoms. The highest BCUT2D eigenvalue weighted by Crippen LogP contribution is 2.35. The molecule has 0 saturated heterocycles. The second-order valence-electron chi connectivity index (χ2n) is 8.07. The van der Waals surface area contributed by atoms with Crippen molar-refractivity contribution in [1.82, 2.24) is 4.90 Å². The van der Waals surface area contributed by atoms with E-state index in [4.69, 9.17) is 14.2 Å². The minimum atomic E-state index is -0.395. The van der Waals surface area contributed by atoms with Crippen molar-refractivity contribution in [1.29, 1.82) is 0 Å². The lowest BCUT2D eigenvalue weighted by atomic mass is 10.0. The zero-order valence-electron chi connectivity index (χ0n) is 20.0. The summed E-state index contributed by atoms with van der Waals surface area (Å²) in [6.07, 6.45) is 0.00360. The zero-order valence-corrected chi connectivity index (χ0v) is 20.0. The number of amides is 2. The van der Waals surface area contributed by atoms with Crippen molar-refractivity contribution in [3.63, 3.8) is 0 Å². The highest BCUT2D eigenvalue weighted by molar-refractivity contribution is 6.36. The number of methoxy groups -OCH3 is 2. The molecule has 176 valence electrons. The summed E-state index contributed by atoms with van der Waals surface area (Å²) < 4.78 is 16.3. The number of imide groups is 1. The quantitative estimate of drug-likeness (QED) is 0.553. The van der Waals surface area contributed by atoms with E-state index < -0.39 is 5.91 Å². The summed E-state index contributed by atoms with van der Waals surface area (Å²) in [6.45, 7) is 4.24. The molecule has 2 aromatic carbocycles. The normalized spacial score (nSPS) is 13.7. The van der Waals surface area contributed by atoms with Gasteiger partial charge in [-0.25, -0.2) is 0 Å². The Balaban J connectivity index is 2.00. The van der Waals surface area contributed by atoms with Gasteiger partial charge in [0.2, 0.25) is 0 Å². The molecule has 8 nitrogen and oxygen atoms in total. The van der Waals surface area contributed by atoms with E-state index in [1.807, 2.05) is 57.1 Å². The second kappa shape index (κ2) is 10.4. The van der Waals surface area contributed by atoms with Crippen molar-refractivity contribution >= 4 is 28.8 Å². The van der Waals surface area contributed by atoms with Gasteiger partial charge in [0.25, 0.3) is 11.8 Å². The van der Waals surface area contributed by atoms with E-state index in [9.17, 15) is 9.59 Å². The summed E-state index contributed by atoms with van der Waals surface area (Å²) >= 11 is 0. The number of carbonyl (C=O) groups excluding carboxylic acids is 2. The van der Waals surface area contributed by atoms with E-state index in [1.54, 1.807) is 25.3 Å². The van der Waals surface area contributed by atoms with E-state index in [1.165, 1.54) is 12.0 Å². The molecule has 0 saturated carbocycles. The number of carbonyl (C=O) groups is 2. The first-order valence-corrected chi connectivity index (χ1v) is 10.8. The number of ether oxygens (including phenoxy) is 3. The molecule has 1 aliphatic rings. The van der Waals surface area contributed by atoms with Crippen molar-refractivity contribution < 1.29 is 23.8 Å². The maximum atomic E-state index is 13.4. The lowest BCUT2D eigenvalue weighted by Crippen LogP contribution is -2.35. The molecule has 0 atom stereocenters. The summed E-state index contributed by atoms with van der Waals surface area (Å²) in [4.78, 5) is 29.9. The van der Waals surface area contributed by atoms with Gasteiger partial charge in [-0.2, -0.15) is 0 Å². The van der Waals surface area contributed by atoms with Crippen molar-refractivity contribution in [3.8, 4) is 11.5 Å². The van der Waals surface area contributed by atoms with Crippen LogP contribution in [-0.4, -0.2) is 64.3 Å². The van der Waals surface area contributed by atoms with Crippen LogP contribution in [0.3, 0.4) is 0 Å². The number of nitrogens with one attached hydrogen (secondary N) is 1. The second-order valence-corrected chi connectivity index (χ2v) is 8.07. The van der Waals surface area contributed by atoms with Gasteiger partial charge >= 0.3 is 0 Å². The first kappa shape index (κ1) is 24.1. The highest BCUT2D eigenvalue weighted by Gasteiger charge is 2.39. The first-order valence-electron chi connectivity index (χ1n) is 10.8. The largest absolute Gasteiger partial charge is 0.493 e. The third-order valence-corrected chi connectivity index (χ3v) is 5.26. The Morgan fingerprint density at radius 2 is 1.61 bits per heavy atom. The lowest BCUT2D eigenvalue weighted by Gasteiger charge is -2.17. The van der Waals surface area contributed by atoms with Crippen molar-refractivity contribution in [2.75, 3.05) is 51.7 Å². The minimum Gasteiger partial charge on any atom is -0.493 e. The van der Waals surface area contributed by atoms with Gasteiger partial charge < -0.3 is 24.4 Å². The number of anilines is 2. The number of hydrogen-bond donors (Lipinski definition) is 1. The van der Waals surface area contributed by atoms with Crippen LogP contribution >= 0.6 is 0 Å². The fourth-order valence-corrected chi connectivity index (χ4v) is 3.52. The van der Waals surface area contributed by atoms with E-state index >= 15 is 0 Å². The van der Waals surface area contributed by atoms with Crippen LogP contribution in [0, 0.1) is 0 Å². The van der Waals surface area contributed by atoms with Crippen LogP contribution in [-0.2, 0) is 14.3 Å². The van der Waals surface area contributed by atoms with Gasteiger partial charge in [-0.3, -0.25) is 14.5 Å². The molecule has 1 aliphatic heterocycles. The molecule has 0 unspecified atom stereocenters. The first-order chi connectivity index (χ1) is 15.8.